The number of aryl methyl sites for hydroxylation is 2. The number of benzene rings is 1. The third-order valence-corrected chi connectivity index (χ3v) is 6.21. The number of carbonyl (C=O) groups is 1. The van der Waals surface area contributed by atoms with E-state index in [9.17, 15) is 4.79 Å². The number of aromatic nitrogens is 1. The van der Waals surface area contributed by atoms with Crippen molar-refractivity contribution in [3.63, 3.8) is 0 Å². The molecule has 1 fully saturated rings. The molecule has 1 aliphatic rings. The monoisotopic (exact) mass is 399 g/mol. The second-order valence-electron chi connectivity index (χ2n) is 7.17. The number of thiazole rings is 1. The first-order valence-electron chi connectivity index (χ1n) is 9.65. The maximum atomic E-state index is 13.1. The number of nitrogens with zero attached hydrogens (tertiary/aromatic N) is 3. The van der Waals surface area contributed by atoms with Gasteiger partial charge in [-0.1, -0.05) is 17.4 Å². The highest BCUT2D eigenvalue weighted by atomic mass is 32.1. The van der Waals surface area contributed by atoms with Crippen LogP contribution in [-0.2, 0) is 4.74 Å². The maximum Gasteiger partial charge on any atom is 0.295 e. The van der Waals surface area contributed by atoms with E-state index in [1.165, 1.54) is 17.4 Å². The van der Waals surface area contributed by atoms with Gasteiger partial charge in [0.25, 0.3) is 5.91 Å². The molecule has 7 heteroatoms. The summed E-state index contributed by atoms with van der Waals surface area (Å²) < 4.78 is 11.9. The predicted molar refractivity (Wildman–Crippen MR) is 111 cm³/mol. The molecule has 0 aliphatic carbocycles. The van der Waals surface area contributed by atoms with Gasteiger partial charge >= 0.3 is 0 Å². The average molecular weight is 400 g/mol. The third kappa shape index (κ3) is 4.11. The predicted octanol–water partition coefficient (Wildman–Crippen LogP) is 3.88. The van der Waals surface area contributed by atoms with Gasteiger partial charge < -0.3 is 9.15 Å². The molecule has 3 heterocycles. The minimum atomic E-state index is -0.139. The molecule has 1 amide bonds. The largest absolute Gasteiger partial charge is 0.459 e. The number of furan rings is 1. The molecule has 148 valence electrons. The van der Waals surface area contributed by atoms with Gasteiger partial charge in [-0.3, -0.25) is 14.6 Å². The van der Waals surface area contributed by atoms with Crippen molar-refractivity contribution >= 4 is 32.6 Å². The molecule has 4 rings (SSSR count). The van der Waals surface area contributed by atoms with E-state index in [2.05, 4.69) is 30.9 Å². The first kappa shape index (κ1) is 19.1. The normalized spacial score (nSPS) is 15.2. The molecule has 0 unspecified atom stereocenters. The van der Waals surface area contributed by atoms with Crippen LogP contribution >= 0.6 is 11.3 Å². The Balaban J connectivity index is 1.57. The Hall–Kier alpha value is -2.22. The Kier molecular flexibility index (Phi) is 5.75. The molecule has 2 aromatic heterocycles. The van der Waals surface area contributed by atoms with Crippen LogP contribution in [0.4, 0.5) is 5.13 Å². The van der Waals surface area contributed by atoms with Gasteiger partial charge in [0.2, 0.25) is 0 Å². The van der Waals surface area contributed by atoms with Gasteiger partial charge in [0.15, 0.2) is 10.9 Å². The first-order chi connectivity index (χ1) is 13.6. The Bertz CT molecular complexity index is 945. The summed E-state index contributed by atoms with van der Waals surface area (Å²) in [6.07, 6.45) is 2.41. The van der Waals surface area contributed by atoms with Crippen LogP contribution in [0.2, 0.25) is 0 Å². The van der Waals surface area contributed by atoms with Gasteiger partial charge in [-0.05, 0) is 49.6 Å². The lowest BCUT2D eigenvalue weighted by Gasteiger charge is -2.27. The number of rotatable bonds is 6. The molecule has 28 heavy (non-hydrogen) atoms. The molecule has 0 bridgehead atoms. The van der Waals surface area contributed by atoms with Crippen molar-refractivity contribution in [1.82, 2.24) is 9.88 Å². The van der Waals surface area contributed by atoms with Crippen LogP contribution in [0.5, 0.6) is 0 Å². The molecule has 0 saturated carbocycles. The molecular formula is C21H25N3O3S. The lowest BCUT2D eigenvalue weighted by Crippen LogP contribution is -2.39. The highest BCUT2D eigenvalue weighted by molar-refractivity contribution is 7.22. The highest BCUT2D eigenvalue weighted by Gasteiger charge is 2.24. The van der Waals surface area contributed by atoms with Crippen molar-refractivity contribution in [2.75, 3.05) is 44.3 Å². The molecule has 0 N–H and O–H groups in total. The van der Waals surface area contributed by atoms with Gasteiger partial charge in [0, 0.05) is 26.2 Å². The van der Waals surface area contributed by atoms with Crippen LogP contribution in [0.15, 0.2) is 34.9 Å². The Labute approximate surface area is 168 Å². The number of anilines is 1. The highest BCUT2D eigenvalue weighted by Crippen LogP contribution is 2.33. The number of amides is 1. The van der Waals surface area contributed by atoms with Gasteiger partial charge in [-0.25, -0.2) is 4.98 Å². The van der Waals surface area contributed by atoms with E-state index < -0.39 is 0 Å². The summed E-state index contributed by atoms with van der Waals surface area (Å²) in [5, 5.41) is 0.729. The minimum absolute atomic E-state index is 0.139. The standard InChI is InChI=1S/C21H25N3O3S/c1-15-13-16(2)19-17(14-15)22-21(28-19)24(20(25)18-5-3-10-27-18)7-4-6-23-8-11-26-12-9-23/h3,5,10,13-14H,4,6-9,11-12H2,1-2H3. The number of carbonyl (C=O) groups excluding carboxylic acids is 1. The van der Waals surface area contributed by atoms with Crippen molar-refractivity contribution in [2.24, 2.45) is 0 Å². The van der Waals surface area contributed by atoms with Crippen LogP contribution in [0.3, 0.4) is 0 Å². The summed E-state index contributed by atoms with van der Waals surface area (Å²) in [7, 11) is 0. The summed E-state index contributed by atoms with van der Waals surface area (Å²) in [4.78, 5) is 22.0. The zero-order valence-electron chi connectivity index (χ0n) is 16.3. The van der Waals surface area contributed by atoms with E-state index in [-0.39, 0.29) is 5.91 Å². The lowest BCUT2D eigenvalue weighted by atomic mass is 10.1. The fourth-order valence-corrected chi connectivity index (χ4v) is 4.61. The third-order valence-electron chi connectivity index (χ3n) is 4.98. The second-order valence-corrected chi connectivity index (χ2v) is 8.15. The van der Waals surface area contributed by atoms with Gasteiger partial charge in [-0.15, -0.1) is 0 Å². The molecule has 3 aromatic rings. The summed E-state index contributed by atoms with van der Waals surface area (Å²) >= 11 is 1.57. The van der Waals surface area contributed by atoms with Crippen molar-refractivity contribution in [3.05, 3.63) is 47.4 Å². The van der Waals surface area contributed by atoms with Gasteiger partial charge in [0.1, 0.15) is 0 Å². The topological polar surface area (TPSA) is 58.8 Å². The Morgan fingerprint density at radius 3 is 2.86 bits per heavy atom. The van der Waals surface area contributed by atoms with E-state index in [1.807, 2.05) is 0 Å². The van der Waals surface area contributed by atoms with Gasteiger partial charge in [0.05, 0.1) is 29.7 Å². The van der Waals surface area contributed by atoms with E-state index in [0.717, 1.165) is 54.6 Å². The molecular weight excluding hydrogens is 374 g/mol. The number of morpholine rings is 1. The minimum Gasteiger partial charge on any atom is -0.459 e. The van der Waals surface area contributed by atoms with E-state index in [1.54, 1.807) is 28.4 Å². The van der Waals surface area contributed by atoms with Crippen molar-refractivity contribution in [3.8, 4) is 0 Å². The van der Waals surface area contributed by atoms with E-state index in [4.69, 9.17) is 14.1 Å². The van der Waals surface area contributed by atoms with Crippen LogP contribution in [0.1, 0.15) is 28.1 Å². The van der Waals surface area contributed by atoms with E-state index in [0.29, 0.717) is 12.3 Å². The molecule has 1 aromatic carbocycles. The smallest absolute Gasteiger partial charge is 0.295 e. The Morgan fingerprint density at radius 1 is 1.29 bits per heavy atom. The summed E-state index contributed by atoms with van der Waals surface area (Å²) in [5.41, 5.74) is 3.32. The summed E-state index contributed by atoms with van der Waals surface area (Å²) in [5.74, 6) is 0.207. The van der Waals surface area contributed by atoms with Crippen LogP contribution in [0.25, 0.3) is 10.2 Å². The second kappa shape index (κ2) is 8.43. The van der Waals surface area contributed by atoms with Crippen LogP contribution in [-0.4, -0.2) is 55.2 Å². The molecule has 1 saturated heterocycles. The first-order valence-corrected chi connectivity index (χ1v) is 10.5. The number of hydrogen-bond acceptors (Lipinski definition) is 6. The fourth-order valence-electron chi connectivity index (χ4n) is 3.57. The fraction of sp³-hybridized carbons (Fsp3) is 0.429. The average Bonchev–Trinajstić information content (AvgIpc) is 3.35. The van der Waals surface area contributed by atoms with E-state index >= 15 is 0 Å². The Morgan fingerprint density at radius 2 is 2.11 bits per heavy atom. The van der Waals surface area contributed by atoms with Crippen molar-refractivity contribution in [2.45, 2.75) is 20.3 Å². The zero-order valence-corrected chi connectivity index (χ0v) is 17.1. The summed E-state index contributed by atoms with van der Waals surface area (Å²) in [6, 6.07) is 7.68. The van der Waals surface area contributed by atoms with Crippen molar-refractivity contribution in [1.29, 1.82) is 0 Å². The van der Waals surface area contributed by atoms with Crippen LogP contribution < -0.4 is 4.90 Å². The van der Waals surface area contributed by atoms with Crippen molar-refractivity contribution < 1.29 is 13.9 Å². The number of ether oxygens (including phenoxy) is 1. The van der Waals surface area contributed by atoms with Gasteiger partial charge in [-0.2, -0.15) is 0 Å². The number of fused-ring (bicyclic) bond motifs is 1. The molecule has 0 spiro atoms. The molecule has 6 nitrogen and oxygen atoms in total. The number of hydrogen-bond donors (Lipinski definition) is 0. The maximum absolute atomic E-state index is 13.1. The molecule has 0 radical (unpaired) electrons. The summed E-state index contributed by atoms with van der Waals surface area (Å²) in [6.45, 7) is 9.17. The zero-order chi connectivity index (χ0) is 19.5. The molecule has 1 aliphatic heterocycles. The quantitative estimate of drug-likeness (QED) is 0.630. The lowest BCUT2D eigenvalue weighted by molar-refractivity contribution is 0.0376. The molecule has 0 atom stereocenters. The SMILES string of the molecule is Cc1cc(C)c2sc(N(CCCN3CCOCC3)C(=O)c3ccco3)nc2c1. The van der Waals surface area contributed by atoms with Crippen LogP contribution in [0, 0.1) is 13.8 Å².